The van der Waals surface area contributed by atoms with E-state index in [-0.39, 0.29) is 11.9 Å². The fraction of sp³-hybridized carbons (Fsp3) is 0.478. The summed E-state index contributed by atoms with van der Waals surface area (Å²) in [4.78, 5) is 16.7. The number of aromatic nitrogens is 5. The second-order valence-corrected chi connectivity index (χ2v) is 9.33. The first-order valence-corrected chi connectivity index (χ1v) is 11.6. The van der Waals surface area contributed by atoms with E-state index in [2.05, 4.69) is 20.4 Å². The van der Waals surface area contributed by atoms with Gasteiger partial charge >= 0.3 is 0 Å². The minimum atomic E-state index is -0.883. The van der Waals surface area contributed by atoms with Crippen LogP contribution in [0.15, 0.2) is 24.5 Å². The summed E-state index contributed by atoms with van der Waals surface area (Å²) >= 11 is 0. The Kier molecular flexibility index (Phi) is 5.07. The van der Waals surface area contributed by atoms with E-state index in [0.717, 1.165) is 25.3 Å². The lowest BCUT2D eigenvalue weighted by Gasteiger charge is -2.38. The smallest absolute Gasteiger partial charge is 0.244 e. The lowest BCUT2D eigenvalue weighted by Crippen LogP contribution is -2.48. The van der Waals surface area contributed by atoms with E-state index in [0.29, 0.717) is 67.1 Å². The van der Waals surface area contributed by atoms with Crippen molar-refractivity contribution in [2.75, 3.05) is 34.8 Å². The molecule has 2 fully saturated rings. The van der Waals surface area contributed by atoms with E-state index in [1.807, 2.05) is 14.5 Å². The van der Waals surface area contributed by atoms with Gasteiger partial charge in [-0.1, -0.05) is 0 Å². The van der Waals surface area contributed by atoms with Crippen LogP contribution >= 0.6 is 0 Å². The summed E-state index contributed by atoms with van der Waals surface area (Å²) in [7, 11) is 0. The number of nitrogens with zero attached hydrogens (tertiary/aromatic N) is 7. The lowest BCUT2D eigenvalue weighted by molar-refractivity contribution is 0.371. The van der Waals surface area contributed by atoms with Crippen molar-refractivity contribution in [1.82, 2.24) is 24.7 Å². The van der Waals surface area contributed by atoms with Crippen molar-refractivity contribution in [2.24, 2.45) is 11.8 Å². The average molecular weight is 471 g/mol. The van der Waals surface area contributed by atoms with Crippen LogP contribution in [0.25, 0.3) is 0 Å². The van der Waals surface area contributed by atoms with E-state index >= 15 is 0 Å². The van der Waals surface area contributed by atoms with Crippen LogP contribution in [0.2, 0.25) is 0 Å². The van der Waals surface area contributed by atoms with Gasteiger partial charge in [0.05, 0.1) is 5.69 Å². The summed E-state index contributed by atoms with van der Waals surface area (Å²) < 4.78 is 43.7. The van der Waals surface area contributed by atoms with Crippen LogP contribution in [0.4, 0.5) is 36.6 Å². The summed E-state index contributed by atoms with van der Waals surface area (Å²) in [5.74, 6) is 0.0451. The maximum Gasteiger partial charge on any atom is 0.244 e. The van der Waals surface area contributed by atoms with E-state index in [1.165, 1.54) is 12.4 Å². The molecule has 0 radical (unpaired) electrons. The van der Waals surface area contributed by atoms with Gasteiger partial charge in [0.1, 0.15) is 6.33 Å². The molecule has 3 aliphatic rings. The van der Waals surface area contributed by atoms with Gasteiger partial charge in [0.2, 0.25) is 11.9 Å². The van der Waals surface area contributed by atoms with Crippen LogP contribution < -0.4 is 15.1 Å². The van der Waals surface area contributed by atoms with Crippen molar-refractivity contribution < 1.29 is 13.2 Å². The quantitative estimate of drug-likeness (QED) is 0.624. The highest BCUT2D eigenvalue weighted by atomic mass is 19.2. The Hall–Kier alpha value is -3.37. The second-order valence-electron chi connectivity index (χ2n) is 9.33. The van der Waals surface area contributed by atoms with Gasteiger partial charge in [0, 0.05) is 44.0 Å². The van der Waals surface area contributed by atoms with Gasteiger partial charge in [-0.05, 0) is 50.2 Å². The van der Waals surface area contributed by atoms with Gasteiger partial charge in [0.15, 0.2) is 23.3 Å². The first kappa shape index (κ1) is 21.2. The Morgan fingerprint density at radius 2 is 1.79 bits per heavy atom. The third-order valence-corrected chi connectivity index (χ3v) is 7.23. The molecule has 0 amide bonds. The molecule has 1 aliphatic carbocycles. The Labute approximate surface area is 194 Å². The molecule has 178 valence electrons. The number of piperidine rings is 1. The van der Waals surface area contributed by atoms with Crippen LogP contribution in [0.3, 0.4) is 0 Å². The molecule has 8 nitrogen and oxygen atoms in total. The SMILES string of the molecule is Cc1ncnc(N2C[C@H]3CC[C@@H](C2)[C@H]3Nc2nc3n(n2)CCCN3c2ccc(F)c(F)c2)c1F. The number of anilines is 4. The number of hydrogen-bond donors (Lipinski definition) is 1. The lowest BCUT2D eigenvalue weighted by atomic mass is 9.92. The van der Waals surface area contributed by atoms with Crippen LogP contribution in [-0.4, -0.2) is 50.4 Å². The van der Waals surface area contributed by atoms with Crippen LogP contribution in [0, 0.1) is 36.2 Å². The van der Waals surface area contributed by atoms with E-state index < -0.39 is 11.6 Å². The van der Waals surface area contributed by atoms with Crippen molar-refractivity contribution in [1.29, 1.82) is 0 Å². The van der Waals surface area contributed by atoms with E-state index in [4.69, 9.17) is 4.98 Å². The van der Waals surface area contributed by atoms with E-state index in [9.17, 15) is 13.2 Å². The molecule has 1 saturated carbocycles. The van der Waals surface area contributed by atoms with Crippen molar-refractivity contribution >= 4 is 23.4 Å². The standard InChI is InChI=1S/C23H25F3N8/c1-13-19(26)21(28-12-27-13)32-10-14-3-4-15(11-32)20(14)29-22-30-23-33(7-2-8-34(23)31-22)16-5-6-17(24)18(25)9-16/h5-6,9,12,14-15,20H,2-4,7-8,10-11H2,1H3,(H,29,31)/t14-,15+,20+. The highest BCUT2D eigenvalue weighted by molar-refractivity contribution is 5.59. The molecule has 2 aliphatic heterocycles. The molecule has 11 heteroatoms. The van der Waals surface area contributed by atoms with Crippen LogP contribution in [-0.2, 0) is 6.54 Å². The predicted molar refractivity (Wildman–Crippen MR) is 121 cm³/mol. The minimum absolute atomic E-state index is 0.184. The number of fused-ring (bicyclic) bond motifs is 3. The van der Waals surface area contributed by atoms with Gasteiger partial charge < -0.3 is 15.1 Å². The van der Waals surface area contributed by atoms with Crippen LogP contribution in [0.1, 0.15) is 25.0 Å². The Morgan fingerprint density at radius 1 is 1.00 bits per heavy atom. The molecule has 0 spiro atoms. The fourth-order valence-electron chi connectivity index (χ4n) is 5.57. The molecule has 2 bridgehead atoms. The zero-order valence-electron chi connectivity index (χ0n) is 18.8. The maximum absolute atomic E-state index is 14.6. The van der Waals surface area contributed by atoms with Crippen molar-refractivity contribution in [3.05, 3.63) is 47.7 Å². The topological polar surface area (TPSA) is 75.0 Å². The first-order chi connectivity index (χ1) is 16.5. The van der Waals surface area contributed by atoms with Crippen molar-refractivity contribution in [3.63, 3.8) is 0 Å². The van der Waals surface area contributed by atoms with Gasteiger partial charge in [-0.3, -0.25) is 0 Å². The molecule has 2 aromatic heterocycles. The van der Waals surface area contributed by atoms with Gasteiger partial charge in [-0.25, -0.2) is 27.8 Å². The molecule has 1 N–H and O–H groups in total. The molecule has 34 heavy (non-hydrogen) atoms. The third-order valence-electron chi connectivity index (χ3n) is 7.23. The number of hydrogen-bond acceptors (Lipinski definition) is 7. The van der Waals surface area contributed by atoms with Crippen molar-refractivity contribution in [2.45, 2.75) is 38.8 Å². The van der Waals surface area contributed by atoms with Crippen molar-refractivity contribution in [3.8, 4) is 0 Å². The molecule has 1 saturated heterocycles. The highest BCUT2D eigenvalue weighted by Crippen LogP contribution is 2.40. The largest absolute Gasteiger partial charge is 0.353 e. The highest BCUT2D eigenvalue weighted by Gasteiger charge is 2.43. The van der Waals surface area contributed by atoms with Gasteiger partial charge in [-0.15, -0.1) is 5.10 Å². The average Bonchev–Trinajstić information content (AvgIpc) is 3.33. The normalized spacial score (nSPS) is 23.8. The molecule has 3 aromatic rings. The molecule has 3 atom stereocenters. The summed E-state index contributed by atoms with van der Waals surface area (Å²) in [6.07, 6.45) is 4.32. The molecular weight excluding hydrogens is 445 g/mol. The Bertz CT molecular complexity index is 1220. The Balaban J connectivity index is 1.21. The molecular formula is C23H25F3N8. The summed E-state index contributed by atoms with van der Waals surface area (Å²) in [5.41, 5.74) is 0.908. The summed E-state index contributed by atoms with van der Waals surface area (Å²) in [5, 5.41) is 8.18. The first-order valence-electron chi connectivity index (χ1n) is 11.6. The van der Waals surface area contributed by atoms with Crippen LogP contribution in [0.5, 0.6) is 0 Å². The number of aryl methyl sites for hydroxylation is 2. The number of nitrogens with one attached hydrogen (secondary N) is 1. The monoisotopic (exact) mass is 470 g/mol. The van der Waals surface area contributed by atoms with Gasteiger partial charge in [-0.2, -0.15) is 4.98 Å². The second kappa shape index (κ2) is 8.14. The predicted octanol–water partition coefficient (Wildman–Crippen LogP) is 3.66. The zero-order chi connectivity index (χ0) is 23.4. The summed E-state index contributed by atoms with van der Waals surface area (Å²) in [6, 6.07) is 4.06. The summed E-state index contributed by atoms with van der Waals surface area (Å²) in [6.45, 7) is 4.42. The number of benzene rings is 1. The Morgan fingerprint density at radius 3 is 2.56 bits per heavy atom. The molecule has 1 aromatic carbocycles. The third kappa shape index (κ3) is 3.54. The van der Waals surface area contributed by atoms with E-state index in [1.54, 1.807) is 13.0 Å². The number of rotatable bonds is 4. The fourth-order valence-corrected chi connectivity index (χ4v) is 5.57. The maximum atomic E-state index is 14.6. The molecule has 4 heterocycles. The molecule has 0 unspecified atom stereocenters. The number of halogens is 3. The zero-order valence-corrected chi connectivity index (χ0v) is 18.8. The van der Waals surface area contributed by atoms with Gasteiger partial charge in [0.25, 0.3) is 0 Å². The molecule has 6 rings (SSSR count). The minimum Gasteiger partial charge on any atom is -0.353 e.